The molecule has 1 amide bonds. The maximum Gasteiger partial charge on any atom is 0.326 e. The summed E-state index contributed by atoms with van der Waals surface area (Å²) in [6.45, 7) is 11.1. The molecule has 0 radical (unpaired) electrons. The molecule has 0 aromatic heterocycles. The predicted octanol–water partition coefficient (Wildman–Crippen LogP) is 5.01. The molecule has 4 rings (SSSR count). The van der Waals surface area contributed by atoms with E-state index in [4.69, 9.17) is 0 Å². The molecule has 0 saturated heterocycles. The lowest BCUT2D eigenvalue weighted by molar-refractivity contribution is -0.174. The smallest absolute Gasteiger partial charge is 0.326 e. The second kappa shape index (κ2) is 10.6. The predicted molar refractivity (Wildman–Crippen MR) is 140 cm³/mol. The van der Waals surface area contributed by atoms with Gasteiger partial charge in [0.2, 0.25) is 5.91 Å². The number of rotatable bonds is 8. The average molecular weight is 506 g/mol. The third-order valence-corrected chi connectivity index (χ3v) is 11.6. The summed E-state index contributed by atoms with van der Waals surface area (Å²) in [7, 11) is 0. The number of hydrogen-bond donors (Lipinski definition) is 4. The van der Waals surface area contributed by atoms with Crippen molar-refractivity contribution in [2.45, 2.75) is 123 Å². The van der Waals surface area contributed by atoms with E-state index in [1.54, 1.807) is 0 Å². The number of aliphatic hydroxyl groups excluding tert-OH is 2. The average Bonchev–Trinajstić information content (AvgIpc) is 3.15. The number of hydrogen-bond acceptors (Lipinski definition) is 4. The molecule has 6 nitrogen and oxygen atoms in total. The van der Waals surface area contributed by atoms with Gasteiger partial charge in [-0.3, -0.25) is 4.79 Å². The van der Waals surface area contributed by atoms with Crippen LogP contribution in [0, 0.1) is 52.3 Å². The molecular weight excluding hydrogens is 454 g/mol. The van der Waals surface area contributed by atoms with Crippen LogP contribution in [0.15, 0.2) is 0 Å². The van der Waals surface area contributed by atoms with Gasteiger partial charge in [0.1, 0.15) is 6.04 Å². The zero-order valence-corrected chi connectivity index (χ0v) is 23.2. The number of carbonyl (C=O) groups excluding carboxylic acids is 1. The van der Waals surface area contributed by atoms with Crippen molar-refractivity contribution in [1.29, 1.82) is 0 Å². The molecule has 0 aromatic rings. The number of carboxylic acids is 1. The van der Waals surface area contributed by atoms with Gasteiger partial charge in [-0.15, -0.1) is 0 Å². The molecule has 4 aliphatic rings. The van der Waals surface area contributed by atoms with E-state index in [0.29, 0.717) is 48.3 Å². The lowest BCUT2D eigenvalue weighted by Gasteiger charge is -2.62. The van der Waals surface area contributed by atoms with E-state index in [1.165, 1.54) is 6.42 Å². The molecule has 0 spiro atoms. The minimum Gasteiger partial charge on any atom is -0.480 e. The zero-order chi connectivity index (χ0) is 26.4. The molecule has 0 aromatic carbocycles. The van der Waals surface area contributed by atoms with Crippen LogP contribution < -0.4 is 5.32 Å². The summed E-state index contributed by atoms with van der Waals surface area (Å²) in [5.74, 6) is 1.89. The van der Waals surface area contributed by atoms with E-state index in [0.717, 1.165) is 51.4 Å². The molecule has 0 heterocycles. The third-order valence-electron chi connectivity index (χ3n) is 11.6. The fourth-order valence-corrected chi connectivity index (χ4v) is 9.69. The van der Waals surface area contributed by atoms with Gasteiger partial charge >= 0.3 is 5.97 Å². The van der Waals surface area contributed by atoms with E-state index >= 15 is 0 Å². The van der Waals surface area contributed by atoms with Gasteiger partial charge in [0.15, 0.2) is 0 Å². The summed E-state index contributed by atoms with van der Waals surface area (Å²) in [4.78, 5) is 24.2. The quantitative estimate of drug-likeness (QED) is 0.371. The first kappa shape index (κ1) is 27.9. The maximum absolute atomic E-state index is 12.6. The second-order valence-corrected chi connectivity index (χ2v) is 14.1. The standard InChI is InChI=1S/C30H51NO5/c1-17(2)14-24(28(35)36)31-26(34)9-6-18(3)21-7-8-22-27-23(11-13-30(21,22)5)29(4)12-10-20(32)15-19(29)16-25(27)33/h17-25,27,32-33H,6-16H2,1-5H3,(H,31,34)(H,35,36)/t18-,19+,20-,21-,22+,23+,24+,25-,27+,29+,30-/m1/s1. The first-order valence-corrected chi connectivity index (χ1v) is 14.7. The van der Waals surface area contributed by atoms with Gasteiger partial charge in [-0.25, -0.2) is 4.79 Å². The highest BCUT2D eigenvalue weighted by Crippen LogP contribution is 2.68. The van der Waals surface area contributed by atoms with Crippen molar-refractivity contribution in [3.63, 3.8) is 0 Å². The van der Waals surface area contributed by atoms with Crippen LogP contribution in [0.2, 0.25) is 0 Å². The van der Waals surface area contributed by atoms with Crippen molar-refractivity contribution in [2.75, 3.05) is 0 Å². The Morgan fingerprint density at radius 2 is 1.61 bits per heavy atom. The highest BCUT2D eigenvalue weighted by atomic mass is 16.4. The van der Waals surface area contributed by atoms with E-state index < -0.39 is 12.0 Å². The van der Waals surface area contributed by atoms with Gasteiger partial charge in [0, 0.05) is 6.42 Å². The lowest BCUT2D eigenvalue weighted by atomic mass is 9.43. The van der Waals surface area contributed by atoms with Crippen molar-refractivity contribution in [3.05, 3.63) is 0 Å². The van der Waals surface area contributed by atoms with Gasteiger partial charge < -0.3 is 20.6 Å². The van der Waals surface area contributed by atoms with Gasteiger partial charge in [0.05, 0.1) is 12.2 Å². The molecule has 4 aliphatic carbocycles. The fraction of sp³-hybridized carbons (Fsp3) is 0.933. The summed E-state index contributed by atoms with van der Waals surface area (Å²) in [6.07, 6.45) is 9.46. The van der Waals surface area contributed by atoms with E-state index in [-0.39, 0.29) is 34.9 Å². The SMILES string of the molecule is CC(C)C[C@H](NC(=O)CC[C@@H](C)[C@H]1CC[C@H]2[C@@H]3[C@H](O)C[C@@H]4C[C@H](O)CC[C@]4(C)[C@H]3CC[C@]12C)C(=O)O. The van der Waals surface area contributed by atoms with Crippen LogP contribution in [-0.2, 0) is 9.59 Å². The van der Waals surface area contributed by atoms with Crippen molar-refractivity contribution in [1.82, 2.24) is 5.32 Å². The van der Waals surface area contributed by atoms with Gasteiger partial charge in [0.25, 0.3) is 0 Å². The number of amides is 1. The topological polar surface area (TPSA) is 107 Å². The van der Waals surface area contributed by atoms with Crippen LogP contribution >= 0.6 is 0 Å². The molecule has 0 bridgehead atoms. The van der Waals surface area contributed by atoms with Crippen LogP contribution in [0.5, 0.6) is 0 Å². The Hall–Kier alpha value is -1.14. The molecule has 206 valence electrons. The van der Waals surface area contributed by atoms with E-state index in [9.17, 15) is 24.9 Å². The molecule has 0 unspecified atom stereocenters. The molecule has 6 heteroatoms. The van der Waals surface area contributed by atoms with Crippen LogP contribution in [0.3, 0.4) is 0 Å². The third kappa shape index (κ3) is 5.10. The van der Waals surface area contributed by atoms with E-state index in [2.05, 4.69) is 26.1 Å². The van der Waals surface area contributed by atoms with Crippen LogP contribution in [0.4, 0.5) is 0 Å². The number of carboxylic acid groups (broad SMARTS) is 1. The first-order valence-electron chi connectivity index (χ1n) is 14.7. The van der Waals surface area contributed by atoms with Crippen LogP contribution in [-0.4, -0.2) is 45.4 Å². The Morgan fingerprint density at radius 1 is 0.944 bits per heavy atom. The Balaban J connectivity index is 1.39. The normalized spacial score (nSPS) is 43.7. The largest absolute Gasteiger partial charge is 0.480 e. The number of fused-ring (bicyclic) bond motifs is 5. The van der Waals surface area contributed by atoms with Crippen molar-refractivity contribution in [2.24, 2.45) is 52.3 Å². The fourth-order valence-electron chi connectivity index (χ4n) is 9.69. The van der Waals surface area contributed by atoms with Gasteiger partial charge in [-0.05, 0) is 116 Å². The van der Waals surface area contributed by atoms with Crippen LogP contribution in [0.1, 0.15) is 105 Å². The lowest BCUT2D eigenvalue weighted by Crippen LogP contribution is -2.58. The molecule has 11 atom stereocenters. The first-order chi connectivity index (χ1) is 16.9. The molecular formula is C30H51NO5. The van der Waals surface area contributed by atoms with Gasteiger partial charge in [-0.2, -0.15) is 0 Å². The monoisotopic (exact) mass is 505 g/mol. The van der Waals surface area contributed by atoms with Crippen LogP contribution in [0.25, 0.3) is 0 Å². The van der Waals surface area contributed by atoms with Gasteiger partial charge in [-0.1, -0.05) is 34.6 Å². The number of carbonyl (C=O) groups is 2. The minimum absolute atomic E-state index is 0.153. The van der Waals surface area contributed by atoms with Crippen molar-refractivity contribution >= 4 is 11.9 Å². The Kier molecular flexibility index (Phi) is 8.17. The molecule has 36 heavy (non-hydrogen) atoms. The number of aliphatic hydroxyl groups is 2. The van der Waals surface area contributed by atoms with Crippen molar-refractivity contribution in [3.8, 4) is 0 Å². The summed E-state index contributed by atoms with van der Waals surface area (Å²) in [6, 6.07) is -0.810. The highest BCUT2D eigenvalue weighted by Gasteiger charge is 2.62. The Labute approximate surface area is 218 Å². The van der Waals surface area contributed by atoms with E-state index in [1.807, 2.05) is 13.8 Å². The second-order valence-electron chi connectivity index (χ2n) is 14.1. The minimum atomic E-state index is -0.956. The molecule has 4 N–H and O–H groups in total. The summed E-state index contributed by atoms with van der Waals surface area (Å²) in [5, 5.41) is 33.9. The van der Waals surface area contributed by atoms with Crippen molar-refractivity contribution < 1.29 is 24.9 Å². The summed E-state index contributed by atoms with van der Waals surface area (Å²) in [5.41, 5.74) is 0.430. The number of aliphatic carboxylic acids is 1. The molecule has 4 fully saturated rings. The highest BCUT2D eigenvalue weighted by molar-refractivity contribution is 5.83. The Morgan fingerprint density at radius 3 is 2.28 bits per heavy atom. The number of nitrogens with one attached hydrogen (secondary N) is 1. The molecule has 0 aliphatic heterocycles. The Bertz CT molecular complexity index is 815. The zero-order valence-electron chi connectivity index (χ0n) is 23.2. The summed E-state index contributed by atoms with van der Waals surface area (Å²) < 4.78 is 0. The molecule has 4 saturated carbocycles. The summed E-state index contributed by atoms with van der Waals surface area (Å²) >= 11 is 0. The maximum atomic E-state index is 12.6.